The first-order chi connectivity index (χ1) is 8.71. The van der Waals surface area contributed by atoms with E-state index in [-0.39, 0.29) is 0 Å². The maximum absolute atomic E-state index is 3.45. The standard InChI is InChI=1S/C17H29N/c1-5-7-8-15-9-11-16(12-10-15)17(18-4)13-14(3)6-2/h9-12,14,17-18H,5-8,13H2,1-4H3. The van der Waals surface area contributed by atoms with Crippen LogP contribution in [0.4, 0.5) is 0 Å². The second kappa shape index (κ2) is 8.31. The minimum absolute atomic E-state index is 0.500. The van der Waals surface area contributed by atoms with Gasteiger partial charge in [0.15, 0.2) is 0 Å². The highest BCUT2D eigenvalue weighted by Gasteiger charge is 2.12. The minimum atomic E-state index is 0.500. The Hall–Kier alpha value is -0.820. The van der Waals surface area contributed by atoms with Gasteiger partial charge in [-0.05, 0) is 43.4 Å². The van der Waals surface area contributed by atoms with E-state index in [9.17, 15) is 0 Å². The zero-order valence-electron chi connectivity index (χ0n) is 12.5. The Labute approximate surface area is 113 Å². The first-order valence-electron chi connectivity index (χ1n) is 7.47. The van der Waals surface area contributed by atoms with Gasteiger partial charge in [-0.3, -0.25) is 0 Å². The molecular formula is C17H29N. The van der Waals surface area contributed by atoms with Gasteiger partial charge < -0.3 is 5.32 Å². The summed E-state index contributed by atoms with van der Waals surface area (Å²) < 4.78 is 0. The molecule has 0 bridgehead atoms. The molecule has 0 fully saturated rings. The Balaban J connectivity index is 2.63. The van der Waals surface area contributed by atoms with Gasteiger partial charge in [0, 0.05) is 6.04 Å². The summed E-state index contributed by atoms with van der Waals surface area (Å²) >= 11 is 0. The summed E-state index contributed by atoms with van der Waals surface area (Å²) in [5.41, 5.74) is 2.90. The number of hydrogen-bond acceptors (Lipinski definition) is 1. The Morgan fingerprint density at radius 2 is 1.78 bits per heavy atom. The predicted molar refractivity (Wildman–Crippen MR) is 80.9 cm³/mol. The van der Waals surface area contributed by atoms with Crippen molar-refractivity contribution in [2.45, 2.75) is 58.9 Å². The van der Waals surface area contributed by atoms with Gasteiger partial charge in [-0.2, -0.15) is 0 Å². The van der Waals surface area contributed by atoms with E-state index in [1.54, 1.807) is 0 Å². The van der Waals surface area contributed by atoms with E-state index < -0.39 is 0 Å². The molecule has 1 nitrogen and oxygen atoms in total. The van der Waals surface area contributed by atoms with Crippen molar-refractivity contribution in [2.75, 3.05) is 7.05 Å². The maximum atomic E-state index is 3.45. The number of hydrogen-bond donors (Lipinski definition) is 1. The third kappa shape index (κ3) is 4.81. The fraction of sp³-hybridized carbons (Fsp3) is 0.647. The molecule has 0 radical (unpaired) electrons. The van der Waals surface area contributed by atoms with Crippen molar-refractivity contribution in [3.8, 4) is 0 Å². The highest BCUT2D eigenvalue weighted by atomic mass is 14.9. The zero-order chi connectivity index (χ0) is 13.4. The average Bonchev–Trinajstić information content (AvgIpc) is 2.42. The van der Waals surface area contributed by atoms with Gasteiger partial charge in [0.25, 0.3) is 0 Å². The van der Waals surface area contributed by atoms with Gasteiger partial charge in [-0.15, -0.1) is 0 Å². The summed E-state index contributed by atoms with van der Waals surface area (Å²) in [6.45, 7) is 6.85. The van der Waals surface area contributed by atoms with E-state index in [0.717, 1.165) is 5.92 Å². The molecule has 2 atom stereocenters. The molecule has 0 heterocycles. The van der Waals surface area contributed by atoms with Crippen molar-refractivity contribution in [2.24, 2.45) is 5.92 Å². The van der Waals surface area contributed by atoms with Crippen LogP contribution in [-0.2, 0) is 6.42 Å². The fourth-order valence-electron chi connectivity index (χ4n) is 2.29. The van der Waals surface area contributed by atoms with Crippen LogP contribution in [-0.4, -0.2) is 7.05 Å². The highest BCUT2D eigenvalue weighted by Crippen LogP contribution is 2.23. The van der Waals surface area contributed by atoms with Crippen LogP contribution in [0.25, 0.3) is 0 Å². The smallest absolute Gasteiger partial charge is 0.0320 e. The van der Waals surface area contributed by atoms with Crippen molar-refractivity contribution in [1.82, 2.24) is 5.32 Å². The Morgan fingerprint density at radius 1 is 1.11 bits per heavy atom. The summed E-state index contributed by atoms with van der Waals surface area (Å²) in [7, 11) is 2.07. The molecule has 102 valence electrons. The summed E-state index contributed by atoms with van der Waals surface area (Å²) in [6, 6.07) is 9.70. The molecule has 0 aliphatic rings. The lowest BCUT2D eigenvalue weighted by Crippen LogP contribution is -2.18. The monoisotopic (exact) mass is 247 g/mol. The number of nitrogens with one attached hydrogen (secondary N) is 1. The molecule has 0 saturated heterocycles. The molecule has 0 aliphatic carbocycles. The van der Waals surface area contributed by atoms with Gasteiger partial charge >= 0.3 is 0 Å². The molecule has 1 aromatic rings. The maximum Gasteiger partial charge on any atom is 0.0320 e. The molecule has 0 spiro atoms. The van der Waals surface area contributed by atoms with Crippen molar-refractivity contribution in [1.29, 1.82) is 0 Å². The Bertz CT molecular complexity index is 315. The van der Waals surface area contributed by atoms with Crippen molar-refractivity contribution in [3.05, 3.63) is 35.4 Å². The van der Waals surface area contributed by atoms with E-state index in [4.69, 9.17) is 0 Å². The minimum Gasteiger partial charge on any atom is -0.313 e. The topological polar surface area (TPSA) is 12.0 Å². The molecule has 0 aliphatic heterocycles. The molecule has 1 heteroatoms. The third-order valence-corrected chi connectivity index (χ3v) is 3.88. The molecule has 0 amide bonds. The number of aryl methyl sites for hydroxylation is 1. The predicted octanol–water partition coefficient (Wildman–Crippen LogP) is 4.73. The first kappa shape index (κ1) is 15.2. The van der Waals surface area contributed by atoms with Crippen LogP contribution < -0.4 is 5.32 Å². The van der Waals surface area contributed by atoms with E-state index in [1.807, 2.05) is 0 Å². The van der Waals surface area contributed by atoms with Gasteiger partial charge in [0.2, 0.25) is 0 Å². The van der Waals surface area contributed by atoms with Crippen LogP contribution in [0.1, 0.15) is 63.6 Å². The normalized spacial score (nSPS) is 14.4. The van der Waals surface area contributed by atoms with E-state index in [2.05, 4.69) is 57.4 Å². The lowest BCUT2D eigenvalue weighted by Gasteiger charge is -2.20. The lowest BCUT2D eigenvalue weighted by atomic mass is 9.93. The third-order valence-electron chi connectivity index (χ3n) is 3.88. The molecule has 1 N–H and O–H groups in total. The van der Waals surface area contributed by atoms with E-state index in [0.29, 0.717) is 6.04 Å². The van der Waals surface area contributed by atoms with Crippen LogP contribution >= 0.6 is 0 Å². The van der Waals surface area contributed by atoms with Gasteiger partial charge in [-0.1, -0.05) is 57.9 Å². The van der Waals surface area contributed by atoms with Crippen LogP contribution in [0.2, 0.25) is 0 Å². The van der Waals surface area contributed by atoms with E-state index in [1.165, 1.54) is 43.2 Å². The molecule has 0 aromatic heterocycles. The summed E-state index contributed by atoms with van der Waals surface area (Å²) in [6.07, 6.45) is 6.26. The molecule has 2 unspecified atom stereocenters. The van der Waals surface area contributed by atoms with Crippen LogP contribution in [0.15, 0.2) is 24.3 Å². The number of rotatable bonds is 8. The van der Waals surface area contributed by atoms with Crippen molar-refractivity contribution in [3.63, 3.8) is 0 Å². The number of benzene rings is 1. The van der Waals surface area contributed by atoms with Crippen LogP contribution in [0.5, 0.6) is 0 Å². The Morgan fingerprint density at radius 3 is 2.28 bits per heavy atom. The number of unbranched alkanes of at least 4 members (excludes halogenated alkanes) is 1. The SMILES string of the molecule is CCCCc1ccc(C(CC(C)CC)NC)cc1. The molecule has 18 heavy (non-hydrogen) atoms. The molecule has 1 aromatic carbocycles. The fourth-order valence-corrected chi connectivity index (χ4v) is 2.29. The molecule has 1 rings (SSSR count). The summed E-state index contributed by atoms with van der Waals surface area (Å²) in [4.78, 5) is 0. The first-order valence-corrected chi connectivity index (χ1v) is 7.47. The van der Waals surface area contributed by atoms with Crippen LogP contribution in [0.3, 0.4) is 0 Å². The summed E-state index contributed by atoms with van der Waals surface area (Å²) in [5, 5.41) is 3.45. The van der Waals surface area contributed by atoms with Crippen molar-refractivity contribution >= 4 is 0 Å². The van der Waals surface area contributed by atoms with Crippen molar-refractivity contribution < 1.29 is 0 Å². The molecular weight excluding hydrogens is 218 g/mol. The lowest BCUT2D eigenvalue weighted by molar-refractivity contribution is 0.422. The Kier molecular flexibility index (Phi) is 7.04. The molecule has 0 saturated carbocycles. The zero-order valence-corrected chi connectivity index (χ0v) is 12.5. The van der Waals surface area contributed by atoms with Gasteiger partial charge in [-0.25, -0.2) is 0 Å². The largest absolute Gasteiger partial charge is 0.313 e. The van der Waals surface area contributed by atoms with Gasteiger partial charge in [0.05, 0.1) is 0 Å². The quantitative estimate of drug-likeness (QED) is 0.700. The highest BCUT2D eigenvalue weighted by molar-refractivity contribution is 5.25. The van der Waals surface area contributed by atoms with Crippen LogP contribution in [0, 0.1) is 5.92 Å². The summed E-state index contributed by atoms with van der Waals surface area (Å²) in [5.74, 6) is 0.780. The second-order valence-electron chi connectivity index (χ2n) is 5.44. The van der Waals surface area contributed by atoms with E-state index >= 15 is 0 Å². The second-order valence-corrected chi connectivity index (χ2v) is 5.44. The average molecular weight is 247 g/mol. The van der Waals surface area contributed by atoms with Gasteiger partial charge in [0.1, 0.15) is 0 Å².